The number of nitrogens with zero attached hydrogens (tertiary/aromatic N) is 5. The van der Waals surface area contributed by atoms with Crippen LogP contribution >= 0.6 is 0 Å². The van der Waals surface area contributed by atoms with Crippen LogP contribution in [0.25, 0.3) is 0 Å². The van der Waals surface area contributed by atoms with Gasteiger partial charge in [0.15, 0.2) is 0 Å². The highest BCUT2D eigenvalue weighted by atomic mass is 19.1. The Hall–Kier alpha value is -2.81. The summed E-state index contributed by atoms with van der Waals surface area (Å²) < 4.78 is 14.6. The number of carbonyl (C=O) groups excluding carboxylic acids is 1. The smallest absolute Gasteiger partial charge is 0.286 e. The van der Waals surface area contributed by atoms with Crippen molar-refractivity contribution < 1.29 is 9.18 Å². The SMILES string of the molecule is CCN(CC)CCC[C@H](C)NC(=O)c1nnc2n(c1=O)CCN2c1ccc(F)cc1. The van der Waals surface area contributed by atoms with Gasteiger partial charge in [-0.25, -0.2) is 4.39 Å². The van der Waals surface area contributed by atoms with Crippen LogP contribution in [0.1, 0.15) is 44.1 Å². The molecule has 0 bridgehead atoms. The van der Waals surface area contributed by atoms with Crippen molar-refractivity contribution in [1.82, 2.24) is 25.0 Å². The fraction of sp³-hybridized carbons (Fsp3) is 0.524. The predicted octanol–water partition coefficient (Wildman–Crippen LogP) is 2.17. The molecule has 0 spiro atoms. The number of anilines is 2. The van der Waals surface area contributed by atoms with E-state index in [2.05, 4.69) is 34.3 Å². The first-order valence-corrected chi connectivity index (χ1v) is 10.5. The fourth-order valence-corrected chi connectivity index (χ4v) is 3.64. The van der Waals surface area contributed by atoms with E-state index in [-0.39, 0.29) is 17.6 Å². The van der Waals surface area contributed by atoms with Crippen LogP contribution in [0.4, 0.5) is 16.0 Å². The van der Waals surface area contributed by atoms with Gasteiger partial charge in [0.05, 0.1) is 0 Å². The largest absolute Gasteiger partial charge is 0.348 e. The van der Waals surface area contributed by atoms with Gasteiger partial charge in [-0.05, 0) is 63.7 Å². The van der Waals surface area contributed by atoms with E-state index in [4.69, 9.17) is 0 Å². The number of aromatic nitrogens is 3. The van der Waals surface area contributed by atoms with Gasteiger partial charge in [0.25, 0.3) is 11.5 Å². The van der Waals surface area contributed by atoms with Crippen LogP contribution in [0.15, 0.2) is 29.1 Å². The summed E-state index contributed by atoms with van der Waals surface area (Å²) in [6, 6.07) is 5.89. The average Bonchev–Trinajstić information content (AvgIpc) is 3.17. The second kappa shape index (κ2) is 9.80. The van der Waals surface area contributed by atoms with Crippen LogP contribution < -0.4 is 15.8 Å². The minimum atomic E-state index is -0.502. The van der Waals surface area contributed by atoms with Gasteiger partial charge < -0.3 is 15.1 Å². The molecule has 162 valence electrons. The Kier molecular flexibility index (Phi) is 7.15. The van der Waals surface area contributed by atoms with Gasteiger partial charge in [-0.15, -0.1) is 10.2 Å². The highest BCUT2D eigenvalue weighted by Gasteiger charge is 2.27. The molecule has 0 saturated heterocycles. The number of carbonyl (C=O) groups is 1. The quantitative estimate of drug-likeness (QED) is 0.675. The molecule has 0 saturated carbocycles. The van der Waals surface area contributed by atoms with E-state index in [0.717, 1.165) is 38.2 Å². The monoisotopic (exact) mass is 416 g/mol. The number of benzene rings is 1. The number of halogens is 1. The van der Waals surface area contributed by atoms with E-state index in [1.165, 1.54) is 16.7 Å². The second-order valence-electron chi connectivity index (χ2n) is 7.48. The van der Waals surface area contributed by atoms with E-state index in [1.54, 1.807) is 17.0 Å². The van der Waals surface area contributed by atoms with Crippen molar-refractivity contribution in [2.75, 3.05) is 31.1 Å². The minimum absolute atomic E-state index is 0.0665. The van der Waals surface area contributed by atoms with Crippen LogP contribution in [0.5, 0.6) is 0 Å². The number of nitrogens with one attached hydrogen (secondary N) is 1. The molecule has 1 aromatic heterocycles. The zero-order valence-corrected chi connectivity index (χ0v) is 17.8. The second-order valence-corrected chi connectivity index (χ2v) is 7.48. The molecule has 1 N–H and O–H groups in total. The molecule has 1 aliphatic heterocycles. The summed E-state index contributed by atoms with van der Waals surface area (Å²) in [6.45, 7) is 10.1. The lowest BCUT2D eigenvalue weighted by molar-refractivity contribution is 0.0928. The normalized spacial score (nSPS) is 14.1. The Bertz CT molecular complexity index is 926. The van der Waals surface area contributed by atoms with Crippen molar-refractivity contribution in [3.05, 3.63) is 46.1 Å². The van der Waals surface area contributed by atoms with Crippen LogP contribution in [-0.2, 0) is 6.54 Å². The lowest BCUT2D eigenvalue weighted by Gasteiger charge is -2.19. The molecule has 1 atom stereocenters. The van der Waals surface area contributed by atoms with Crippen molar-refractivity contribution in [2.45, 2.75) is 46.2 Å². The number of rotatable bonds is 9. The molecule has 30 heavy (non-hydrogen) atoms. The number of fused-ring (bicyclic) bond motifs is 1. The molecule has 1 amide bonds. The molecule has 8 nitrogen and oxygen atoms in total. The van der Waals surface area contributed by atoms with Crippen LogP contribution in [-0.4, -0.2) is 57.8 Å². The Labute approximate surface area is 175 Å². The molecule has 1 aliphatic rings. The zero-order chi connectivity index (χ0) is 21.7. The van der Waals surface area contributed by atoms with E-state index in [0.29, 0.717) is 19.0 Å². The summed E-state index contributed by atoms with van der Waals surface area (Å²) in [4.78, 5) is 29.5. The molecule has 3 rings (SSSR count). The molecule has 9 heteroatoms. The summed E-state index contributed by atoms with van der Waals surface area (Å²) in [5.74, 6) is -0.478. The van der Waals surface area contributed by atoms with Crippen LogP contribution in [0.2, 0.25) is 0 Å². The van der Waals surface area contributed by atoms with E-state index < -0.39 is 11.5 Å². The van der Waals surface area contributed by atoms with E-state index >= 15 is 0 Å². The van der Waals surface area contributed by atoms with Gasteiger partial charge in [-0.3, -0.25) is 14.2 Å². The first-order chi connectivity index (χ1) is 14.4. The van der Waals surface area contributed by atoms with Crippen molar-refractivity contribution >= 4 is 17.5 Å². The topological polar surface area (TPSA) is 83.4 Å². The van der Waals surface area contributed by atoms with Gasteiger partial charge in [0, 0.05) is 24.8 Å². The number of amides is 1. The lowest BCUT2D eigenvalue weighted by atomic mass is 10.1. The lowest BCUT2D eigenvalue weighted by Crippen LogP contribution is -2.39. The summed E-state index contributed by atoms with van der Waals surface area (Å²) >= 11 is 0. The molecule has 2 heterocycles. The molecule has 1 aromatic carbocycles. The third-order valence-electron chi connectivity index (χ3n) is 5.45. The number of hydrogen-bond acceptors (Lipinski definition) is 6. The highest BCUT2D eigenvalue weighted by molar-refractivity contribution is 5.92. The average molecular weight is 417 g/mol. The van der Waals surface area contributed by atoms with E-state index in [1.807, 2.05) is 6.92 Å². The van der Waals surface area contributed by atoms with Crippen molar-refractivity contribution in [1.29, 1.82) is 0 Å². The maximum atomic E-state index is 13.2. The molecule has 2 aromatic rings. The third kappa shape index (κ3) is 4.84. The van der Waals surface area contributed by atoms with Crippen molar-refractivity contribution in [3.8, 4) is 0 Å². The molecule has 0 fully saturated rings. The first kappa shape index (κ1) is 21.9. The maximum absolute atomic E-state index is 13.2. The molecule has 0 unspecified atom stereocenters. The summed E-state index contributed by atoms with van der Waals surface area (Å²) in [5, 5.41) is 10.9. The molecular weight excluding hydrogens is 387 g/mol. The van der Waals surface area contributed by atoms with Gasteiger partial charge in [0.2, 0.25) is 11.6 Å². The first-order valence-electron chi connectivity index (χ1n) is 10.5. The molecule has 0 aliphatic carbocycles. The van der Waals surface area contributed by atoms with Gasteiger partial charge >= 0.3 is 0 Å². The highest BCUT2D eigenvalue weighted by Crippen LogP contribution is 2.26. The standard InChI is InChI=1S/C21H29FN6O2/c1-4-26(5-2)12-6-7-15(3)23-19(29)18-20(30)28-14-13-27(21(28)25-24-18)17-10-8-16(22)9-11-17/h8-11,15H,4-7,12-14H2,1-3H3,(H,23,29)/t15-/m0/s1. The zero-order valence-electron chi connectivity index (χ0n) is 17.8. The Morgan fingerprint density at radius 1 is 1.20 bits per heavy atom. The Morgan fingerprint density at radius 3 is 2.57 bits per heavy atom. The summed E-state index contributed by atoms with van der Waals surface area (Å²) in [7, 11) is 0. The molecule has 0 radical (unpaired) electrons. The predicted molar refractivity (Wildman–Crippen MR) is 114 cm³/mol. The maximum Gasteiger partial charge on any atom is 0.286 e. The summed E-state index contributed by atoms with van der Waals surface area (Å²) in [6.07, 6.45) is 1.78. The van der Waals surface area contributed by atoms with Gasteiger partial charge in [0.1, 0.15) is 5.82 Å². The Balaban J connectivity index is 1.66. The van der Waals surface area contributed by atoms with Gasteiger partial charge in [-0.2, -0.15) is 0 Å². The van der Waals surface area contributed by atoms with Crippen molar-refractivity contribution in [2.24, 2.45) is 0 Å². The molecular formula is C21H29FN6O2. The Morgan fingerprint density at radius 2 is 1.90 bits per heavy atom. The van der Waals surface area contributed by atoms with Crippen molar-refractivity contribution in [3.63, 3.8) is 0 Å². The van der Waals surface area contributed by atoms with Gasteiger partial charge in [-0.1, -0.05) is 13.8 Å². The van der Waals surface area contributed by atoms with Crippen LogP contribution in [0.3, 0.4) is 0 Å². The third-order valence-corrected chi connectivity index (χ3v) is 5.45. The van der Waals surface area contributed by atoms with Crippen LogP contribution in [0, 0.1) is 5.82 Å². The minimum Gasteiger partial charge on any atom is -0.348 e. The van der Waals surface area contributed by atoms with E-state index in [9.17, 15) is 14.0 Å². The fourth-order valence-electron chi connectivity index (χ4n) is 3.64. The summed E-state index contributed by atoms with van der Waals surface area (Å²) in [5.41, 5.74) is 0.0585. The number of hydrogen-bond donors (Lipinski definition) is 1.